The maximum Gasteiger partial charge on any atom is 0.302 e. The molecular formula is C17H26O2. The second-order valence-corrected chi connectivity index (χ2v) is 7.69. The minimum atomic E-state index is -0.136. The monoisotopic (exact) mass is 262 g/mol. The van der Waals surface area contributed by atoms with E-state index in [1.54, 1.807) is 6.92 Å². The molecule has 3 aliphatic carbocycles. The third kappa shape index (κ3) is 1.31. The molecule has 3 aliphatic rings. The minimum absolute atomic E-state index is 0.0431. The van der Waals surface area contributed by atoms with Crippen molar-refractivity contribution in [3.63, 3.8) is 0 Å². The van der Waals surface area contributed by atoms with Gasteiger partial charge >= 0.3 is 5.97 Å². The van der Waals surface area contributed by atoms with Crippen molar-refractivity contribution in [3.8, 4) is 0 Å². The van der Waals surface area contributed by atoms with Crippen LogP contribution in [0.15, 0.2) is 12.2 Å². The minimum Gasteiger partial charge on any atom is -0.461 e. The van der Waals surface area contributed by atoms with E-state index in [0.717, 1.165) is 12.8 Å². The third-order valence-corrected chi connectivity index (χ3v) is 7.21. The fourth-order valence-electron chi connectivity index (χ4n) is 5.86. The Bertz CT molecular complexity index is 454. The molecule has 5 atom stereocenters. The van der Waals surface area contributed by atoms with Gasteiger partial charge in [0.25, 0.3) is 0 Å². The standard InChI is InChI=1S/C17H26O2/c1-11-7-10-16(4)14(19-12(2)18)13(11)15(3)8-6-9-17(15,16)5/h13-14H,1,6-10H2,2-5H3/t13-,14+,15-,16+,17-/m0/s1. The number of hydrogen-bond acceptors (Lipinski definition) is 2. The van der Waals surface area contributed by atoms with Crippen molar-refractivity contribution in [1.29, 1.82) is 0 Å². The zero-order valence-electron chi connectivity index (χ0n) is 12.7. The van der Waals surface area contributed by atoms with Crippen molar-refractivity contribution in [3.05, 3.63) is 12.2 Å². The maximum atomic E-state index is 11.6. The quantitative estimate of drug-likeness (QED) is 0.525. The summed E-state index contributed by atoms with van der Waals surface area (Å²) in [4.78, 5) is 11.6. The van der Waals surface area contributed by atoms with Crippen LogP contribution in [-0.4, -0.2) is 12.1 Å². The molecule has 106 valence electrons. The average molecular weight is 262 g/mol. The molecule has 3 saturated carbocycles. The molecule has 0 radical (unpaired) electrons. The lowest BCUT2D eigenvalue weighted by Gasteiger charge is -2.46. The predicted octanol–water partition coefficient (Wildman–Crippen LogP) is 4.10. The molecule has 0 aliphatic heterocycles. The Labute approximate surface area is 116 Å². The molecule has 0 aromatic carbocycles. The highest BCUT2D eigenvalue weighted by Gasteiger charge is 2.74. The second kappa shape index (κ2) is 3.65. The molecule has 0 aromatic heterocycles. The van der Waals surface area contributed by atoms with Crippen molar-refractivity contribution in [2.24, 2.45) is 22.2 Å². The number of ether oxygens (including phenoxy) is 1. The normalized spacial score (nSPS) is 52.1. The fraction of sp³-hybridized carbons (Fsp3) is 0.824. The van der Waals surface area contributed by atoms with Gasteiger partial charge < -0.3 is 4.74 Å². The van der Waals surface area contributed by atoms with E-state index in [4.69, 9.17) is 4.74 Å². The summed E-state index contributed by atoms with van der Waals surface area (Å²) >= 11 is 0. The Hall–Kier alpha value is -0.790. The zero-order chi connectivity index (χ0) is 14.1. The maximum absolute atomic E-state index is 11.6. The first kappa shape index (κ1) is 13.2. The van der Waals surface area contributed by atoms with Gasteiger partial charge in [0.15, 0.2) is 0 Å². The first-order valence-corrected chi connectivity index (χ1v) is 7.61. The zero-order valence-corrected chi connectivity index (χ0v) is 12.7. The molecule has 19 heavy (non-hydrogen) atoms. The van der Waals surface area contributed by atoms with E-state index in [-0.39, 0.29) is 28.3 Å². The highest BCUT2D eigenvalue weighted by atomic mass is 16.5. The van der Waals surface area contributed by atoms with Gasteiger partial charge in [0.1, 0.15) is 6.10 Å². The average Bonchev–Trinajstić information content (AvgIpc) is 2.65. The van der Waals surface area contributed by atoms with E-state index < -0.39 is 0 Å². The van der Waals surface area contributed by atoms with E-state index in [1.165, 1.54) is 24.8 Å². The van der Waals surface area contributed by atoms with Crippen molar-refractivity contribution < 1.29 is 9.53 Å². The lowest BCUT2D eigenvalue weighted by Crippen LogP contribution is -2.45. The number of carbonyl (C=O) groups excluding carboxylic acids is 1. The molecule has 3 fully saturated rings. The Morgan fingerprint density at radius 2 is 1.89 bits per heavy atom. The summed E-state index contributed by atoms with van der Waals surface area (Å²) in [5, 5.41) is 0. The van der Waals surface area contributed by atoms with E-state index in [0.29, 0.717) is 5.92 Å². The lowest BCUT2D eigenvalue weighted by molar-refractivity contribution is -0.158. The smallest absolute Gasteiger partial charge is 0.302 e. The summed E-state index contributed by atoms with van der Waals surface area (Å²) in [5.41, 5.74) is 1.98. The van der Waals surface area contributed by atoms with Gasteiger partial charge in [-0.05, 0) is 36.5 Å². The van der Waals surface area contributed by atoms with E-state index in [2.05, 4.69) is 27.4 Å². The third-order valence-electron chi connectivity index (χ3n) is 7.21. The van der Waals surface area contributed by atoms with Crippen molar-refractivity contribution in [2.75, 3.05) is 0 Å². The molecule has 0 amide bonds. The first-order chi connectivity index (χ1) is 8.76. The van der Waals surface area contributed by atoms with Crippen LogP contribution >= 0.6 is 0 Å². The molecule has 2 heteroatoms. The van der Waals surface area contributed by atoms with Gasteiger partial charge in [-0.1, -0.05) is 39.3 Å². The Kier molecular flexibility index (Phi) is 2.54. The van der Waals surface area contributed by atoms with Gasteiger partial charge in [0.05, 0.1) is 0 Å². The molecule has 0 unspecified atom stereocenters. The highest BCUT2D eigenvalue weighted by molar-refractivity contribution is 5.66. The van der Waals surface area contributed by atoms with Gasteiger partial charge in [-0.15, -0.1) is 0 Å². The summed E-state index contributed by atoms with van der Waals surface area (Å²) in [5.74, 6) is 0.228. The number of hydrogen-bond donors (Lipinski definition) is 0. The highest BCUT2D eigenvalue weighted by Crippen LogP contribution is 2.77. The molecule has 0 spiro atoms. The predicted molar refractivity (Wildman–Crippen MR) is 75.6 cm³/mol. The molecular weight excluding hydrogens is 236 g/mol. The van der Waals surface area contributed by atoms with Gasteiger partial charge in [-0.2, -0.15) is 0 Å². The largest absolute Gasteiger partial charge is 0.461 e. The van der Waals surface area contributed by atoms with E-state index in [1.807, 2.05) is 0 Å². The van der Waals surface area contributed by atoms with Crippen LogP contribution in [0.25, 0.3) is 0 Å². The van der Waals surface area contributed by atoms with Crippen molar-refractivity contribution >= 4 is 5.97 Å². The van der Waals surface area contributed by atoms with Crippen molar-refractivity contribution in [2.45, 2.75) is 65.9 Å². The number of carbonyl (C=O) groups is 1. The summed E-state index contributed by atoms with van der Waals surface area (Å²) in [6.07, 6.45) is 6.08. The molecule has 0 N–H and O–H groups in total. The lowest BCUT2D eigenvalue weighted by atomic mass is 9.59. The van der Waals surface area contributed by atoms with Crippen LogP contribution in [0.4, 0.5) is 0 Å². The Balaban J connectivity index is 2.14. The molecule has 0 aromatic rings. The van der Waals surface area contributed by atoms with Crippen LogP contribution < -0.4 is 0 Å². The van der Waals surface area contributed by atoms with Crippen LogP contribution in [0.2, 0.25) is 0 Å². The van der Waals surface area contributed by atoms with E-state index >= 15 is 0 Å². The molecule has 2 bridgehead atoms. The Morgan fingerprint density at radius 3 is 2.53 bits per heavy atom. The van der Waals surface area contributed by atoms with Gasteiger partial charge in [-0.3, -0.25) is 4.79 Å². The van der Waals surface area contributed by atoms with Crippen LogP contribution in [0.3, 0.4) is 0 Å². The summed E-state index contributed by atoms with van der Waals surface area (Å²) in [7, 11) is 0. The van der Waals surface area contributed by atoms with Crippen molar-refractivity contribution in [1.82, 2.24) is 0 Å². The van der Waals surface area contributed by atoms with Crippen LogP contribution in [0.5, 0.6) is 0 Å². The summed E-state index contributed by atoms with van der Waals surface area (Å²) < 4.78 is 5.82. The SMILES string of the molecule is C=C1CC[C@]2(C)[C@H](OC(C)=O)[C@H]1[C@]1(C)CCC[C@@]12C. The van der Waals surface area contributed by atoms with Gasteiger partial charge in [0, 0.05) is 18.3 Å². The summed E-state index contributed by atoms with van der Waals surface area (Å²) in [6.45, 7) is 13.1. The molecule has 3 rings (SSSR count). The fourth-order valence-corrected chi connectivity index (χ4v) is 5.86. The van der Waals surface area contributed by atoms with Crippen LogP contribution in [0, 0.1) is 22.2 Å². The number of esters is 1. The molecule has 0 saturated heterocycles. The van der Waals surface area contributed by atoms with Crippen LogP contribution in [0.1, 0.15) is 59.8 Å². The molecule has 0 heterocycles. The van der Waals surface area contributed by atoms with Gasteiger partial charge in [-0.25, -0.2) is 0 Å². The number of fused-ring (bicyclic) bond motifs is 5. The Morgan fingerprint density at radius 1 is 1.21 bits per heavy atom. The van der Waals surface area contributed by atoms with Crippen LogP contribution in [-0.2, 0) is 9.53 Å². The van der Waals surface area contributed by atoms with E-state index in [9.17, 15) is 4.79 Å². The molecule has 2 nitrogen and oxygen atoms in total. The second-order valence-electron chi connectivity index (χ2n) is 7.69. The van der Waals surface area contributed by atoms with Gasteiger partial charge in [0.2, 0.25) is 0 Å². The first-order valence-electron chi connectivity index (χ1n) is 7.61. The number of rotatable bonds is 1. The topological polar surface area (TPSA) is 26.3 Å². The summed E-state index contributed by atoms with van der Waals surface area (Å²) in [6, 6.07) is 0.